The normalized spacial score (nSPS) is 12.2. The number of carbonyl (C=O) groups excluding carboxylic acids is 1. The highest BCUT2D eigenvalue weighted by molar-refractivity contribution is 7.22. The summed E-state index contributed by atoms with van der Waals surface area (Å²) in [6.45, 7) is 2.41. The van der Waals surface area contributed by atoms with Gasteiger partial charge in [-0.15, -0.1) is 11.3 Å². The number of thiophene rings is 1. The fourth-order valence-corrected chi connectivity index (χ4v) is 5.66. The van der Waals surface area contributed by atoms with Gasteiger partial charge in [0.15, 0.2) is 0 Å². The lowest BCUT2D eigenvalue weighted by Crippen LogP contribution is -2.39. The topological polar surface area (TPSA) is 63.5 Å². The Balaban J connectivity index is 1.43. The molecule has 3 aromatic carbocycles. The Morgan fingerprint density at radius 2 is 1.89 bits per heavy atom. The molecule has 0 unspecified atom stereocenters. The molecule has 36 heavy (non-hydrogen) atoms. The number of aromatic nitrogens is 1. The summed E-state index contributed by atoms with van der Waals surface area (Å²) in [5, 5.41) is 15.5. The number of aliphatic hydroxyl groups is 1. The van der Waals surface area contributed by atoms with Crippen LogP contribution in [-0.4, -0.2) is 34.8 Å². The second-order valence-electron chi connectivity index (χ2n) is 9.05. The molecule has 0 aliphatic carbocycles. The van der Waals surface area contributed by atoms with E-state index in [2.05, 4.69) is 46.4 Å². The number of fused-ring (bicyclic) bond motifs is 2. The van der Waals surface area contributed by atoms with E-state index in [1.54, 1.807) is 11.3 Å². The molecule has 0 bridgehead atoms. The van der Waals surface area contributed by atoms with Crippen molar-refractivity contribution in [3.8, 4) is 16.2 Å². The number of carbonyl (C=O) groups is 1. The molecule has 0 aliphatic heterocycles. The lowest BCUT2D eigenvalue weighted by Gasteiger charge is -2.18. The molecule has 0 radical (unpaired) electrons. The third-order valence-corrected chi connectivity index (χ3v) is 7.56. The van der Waals surface area contributed by atoms with Gasteiger partial charge in [0.2, 0.25) is 0 Å². The number of amides is 1. The van der Waals surface area contributed by atoms with Gasteiger partial charge < -0.3 is 19.7 Å². The first kappa shape index (κ1) is 24.1. The Kier molecular flexibility index (Phi) is 7.07. The molecular formula is C30H30N2O3S. The highest BCUT2D eigenvalue weighted by Crippen LogP contribution is 2.35. The predicted molar refractivity (Wildman–Crippen MR) is 148 cm³/mol. The van der Waals surface area contributed by atoms with Crippen LogP contribution in [0.25, 0.3) is 31.4 Å². The third-order valence-electron chi connectivity index (χ3n) is 6.40. The monoisotopic (exact) mass is 498 g/mol. The Morgan fingerprint density at radius 3 is 2.69 bits per heavy atom. The molecule has 0 saturated heterocycles. The van der Waals surface area contributed by atoms with E-state index in [0.29, 0.717) is 24.3 Å². The molecule has 0 fully saturated rings. The van der Waals surface area contributed by atoms with Gasteiger partial charge >= 0.3 is 0 Å². The summed E-state index contributed by atoms with van der Waals surface area (Å²) in [4.78, 5) is 14.6. The average molecular weight is 499 g/mol. The van der Waals surface area contributed by atoms with Crippen LogP contribution in [0.15, 0.2) is 79.0 Å². The zero-order valence-electron chi connectivity index (χ0n) is 20.5. The van der Waals surface area contributed by atoms with Crippen molar-refractivity contribution in [2.24, 2.45) is 7.05 Å². The predicted octanol–water partition coefficient (Wildman–Crippen LogP) is 6.18. The van der Waals surface area contributed by atoms with Crippen LogP contribution in [0.5, 0.6) is 5.75 Å². The maximum atomic E-state index is 13.5. The van der Waals surface area contributed by atoms with E-state index in [9.17, 15) is 9.90 Å². The Morgan fingerprint density at radius 1 is 1.08 bits per heavy atom. The first-order valence-electron chi connectivity index (χ1n) is 12.3. The number of ether oxygens (including phenoxy) is 1. The molecule has 184 valence electrons. The van der Waals surface area contributed by atoms with Gasteiger partial charge in [-0.3, -0.25) is 4.79 Å². The lowest BCUT2D eigenvalue weighted by molar-refractivity contribution is 0.0912. The quantitative estimate of drug-likeness (QED) is 0.255. The van der Waals surface area contributed by atoms with E-state index in [1.807, 2.05) is 56.4 Å². The van der Waals surface area contributed by atoms with E-state index in [-0.39, 0.29) is 12.5 Å². The number of aryl methyl sites for hydroxylation is 1. The molecule has 0 saturated carbocycles. The van der Waals surface area contributed by atoms with Gasteiger partial charge in [-0.2, -0.15) is 0 Å². The van der Waals surface area contributed by atoms with Crippen molar-refractivity contribution in [3.63, 3.8) is 0 Å². The molecule has 5 rings (SSSR count). The maximum Gasteiger partial charge on any atom is 0.255 e. The number of rotatable bonds is 9. The van der Waals surface area contributed by atoms with Crippen molar-refractivity contribution in [1.29, 1.82) is 0 Å². The Bertz CT molecular complexity index is 1480. The standard InChI is InChI=1S/C30H30N2O3S/c1-3-14-35-27-13-12-21(29-17-20-8-4-7-11-28(20)36-29)16-25(27)30(34)31-23(19-33)15-22-18-32(2)26-10-6-5-9-24(22)26/h4-13,16-18,23,33H,3,14-15,19H2,1-2H3,(H,31,34)/t23-/m1/s1. The molecular weight excluding hydrogens is 468 g/mol. The summed E-state index contributed by atoms with van der Waals surface area (Å²) in [5.41, 5.74) is 3.67. The van der Waals surface area contributed by atoms with Crippen molar-refractivity contribution in [2.75, 3.05) is 13.2 Å². The third kappa shape index (κ3) is 4.87. The highest BCUT2D eigenvalue weighted by Gasteiger charge is 2.20. The van der Waals surface area contributed by atoms with Crippen LogP contribution in [0.2, 0.25) is 0 Å². The molecule has 5 aromatic rings. The minimum atomic E-state index is -0.421. The Labute approximate surface area is 215 Å². The molecule has 0 spiro atoms. The van der Waals surface area contributed by atoms with Crippen molar-refractivity contribution < 1.29 is 14.6 Å². The number of benzene rings is 3. The highest BCUT2D eigenvalue weighted by atomic mass is 32.1. The van der Waals surface area contributed by atoms with Crippen LogP contribution in [0, 0.1) is 0 Å². The van der Waals surface area contributed by atoms with Crippen LogP contribution in [0.3, 0.4) is 0 Å². The van der Waals surface area contributed by atoms with Crippen LogP contribution in [-0.2, 0) is 13.5 Å². The van der Waals surface area contributed by atoms with Crippen LogP contribution >= 0.6 is 11.3 Å². The number of nitrogens with one attached hydrogen (secondary N) is 1. The minimum Gasteiger partial charge on any atom is -0.493 e. The SMILES string of the molecule is CCCOc1ccc(-c2cc3ccccc3s2)cc1C(=O)N[C@@H](CO)Cc1cn(C)c2ccccc12. The van der Waals surface area contributed by atoms with Crippen LogP contribution in [0.1, 0.15) is 29.3 Å². The molecule has 0 aliphatic rings. The summed E-state index contributed by atoms with van der Waals surface area (Å²) in [5.74, 6) is 0.310. The molecule has 5 nitrogen and oxygen atoms in total. The van der Waals surface area contributed by atoms with Gasteiger partial charge in [0.05, 0.1) is 24.8 Å². The smallest absolute Gasteiger partial charge is 0.255 e. The summed E-state index contributed by atoms with van der Waals surface area (Å²) >= 11 is 1.70. The molecule has 6 heteroatoms. The van der Waals surface area contributed by atoms with Gasteiger partial charge in [0.1, 0.15) is 5.75 Å². The van der Waals surface area contributed by atoms with E-state index in [4.69, 9.17) is 4.74 Å². The van der Waals surface area contributed by atoms with Crippen LogP contribution < -0.4 is 10.1 Å². The molecule has 2 N–H and O–H groups in total. The number of hydrogen-bond donors (Lipinski definition) is 2. The molecule has 1 atom stereocenters. The molecule has 1 amide bonds. The van der Waals surface area contributed by atoms with Gasteiger partial charge in [0, 0.05) is 33.7 Å². The zero-order valence-corrected chi connectivity index (χ0v) is 21.3. The summed E-state index contributed by atoms with van der Waals surface area (Å²) in [6.07, 6.45) is 3.45. The van der Waals surface area contributed by atoms with E-state index >= 15 is 0 Å². The van der Waals surface area contributed by atoms with Gasteiger partial charge in [-0.1, -0.05) is 43.3 Å². The second-order valence-corrected chi connectivity index (χ2v) is 10.1. The summed E-state index contributed by atoms with van der Waals surface area (Å²) in [6, 6.07) is 24.0. The average Bonchev–Trinajstić information content (AvgIpc) is 3.48. The fraction of sp³-hybridized carbons (Fsp3) is 0.233. The van der Waals surface area contributed by atoms with E-state index in [1.165, 1.54) is 10.1 Å². The number of nitrogens with zero attached hydrogens (tertiary/aromatic N) is 1. The molecule has 2 heterocycles. The Hall–Kier alpha value is -3.61. The lowest BCUT2D eigenvalue weighted by atomic mass is 10.0. The molecule has 2 aromatic heterocycles. The van der Waals surface area contributed by atoms with Gasteiger partial charge in [-0.05, 0) is 65.8 Å². The zero-order chi connectivity index (χ0) is 25.1. The first-order valence-corrected chi connectivity index (χ1v) is 13.1. The number of para-hydroxylation sites is 1. The largest absolute Gasteiger partial charge is 0.493 e. The van der Waals surface area contributed by atoms with Crippen molar-refractivity contribution >= 4 is 38.2 Å². The summed E-state index contributed by atoms with van der Waals surface area (Å²) in [7, 11) is 2.01. The van der Waals surface area contributed by atoms with E-state index < -0.39 is 6.04 Å². The maximum absolute atomic E-state index is 13.5. The van der Waals surface area contributed by atoms with E-state index in [0.717, 1.165) is 33.3 Å². The van der Waals surface area contributed by atoms with Crippen molar-refractivity contribution in [2.45, 2.75) is 25.8 Å². The minimum absolute atomic E-state index is 0.157. The van der Waals surface area contributed by atoms with Crippen molar-refractivity contribution in [3.05, 3.63) is 90.1 Å². The first-order chi connectivity index (χ1) is 17.6. The number of hydrogen-bond acceptors (Lipinski definition) is 4. The number of aliphatic hydroxyl groups excluding tert-OH is 1. The van der Waals surface area contributed by atoms with Gasteiger partial charge in [-0.25, -0.2) is 0 Å². The fourth-order valence-electron chi connectivity index (χ4n) is 4.60. The second kappa shape index (κ2) is 10.6. The summed E-state index contributed by atoms with van der Waals surface area (Å²) < 4.78 is 9.21. The van der Waals surface area contributed by atoms with Gasteiger partial charge in [0.25, 0.3) is 5.91 Å². The van der Waals surface area contributed by atoms with Crippen LogP contribution in [0.4, 0.5) is 0 Å². The van der Waals surface area contributed by atoms with Crippen molar-refractivity contribution in [1.82, 2.24) is 9.88 Å².